The van der Waals surface area contributed by atoms with Gasteiger partial charge in [0.15, 0.2) is 0 Å². The predicted octanol–water partition coefficient (Wildman–Crippen LogP) is 2.05. The molecule has 0 aromatic carbocycles. The number of carbonyl (C=O) groups is 1. The quantitative estimate of drug-likeness (QED) is 0.599. The van der Waals surface area contributed by atoms with Gasteiger partial charge in [0.2, 0.25) is 0 Å². The van der Waals surface area contributed by atoms with Crippen molar-refractivity contribution < 1.29 is 9.53 Å². The smallest absolute Gasteiger partial charge is 0.407 e. The Labute approximate surface area is 81.0 Å². The van der Waals surface area contributed by atoms with Crippen LogP contribution in [0.2, 0.25) is 0 Å². The van der Waals surface area contributed by atoms with Crippen LogP contribution in [-0.4, -0.2) is 24.1 Å². The van der Waals surface area contributed by atoms with Crippen molar-refractivity contribution in [1.29, 1.82) is 0 Å². The van der Waals surface area contributed by atoms with Crippen molar-refractivity contribution in [3.8, 4) is 0 Å². The van der Waals surface area contributed by atoms with Gasteiger partial charge in [-0.2, -0.15) is 0 Å². The molecule has 0 aliphatic heterocycles. The van der Waals surface area contributed by atoms with E-state index in [0.29, 0.717) is 12.6 Å². The van der Waals surface area contributed by atoms with Crippen molar-refractivity contribution in [2.24, 2.45) is 0 Å². The molecule has 0 aromatic heterocycles. The molecule has 0 aromatic rings. The fourth-order valence-electron chi connectivity index (χ4n) is 0.980. The molecule has 0 radical (unpaired) electrons. The lowest BCUT2D eigenvalue weighted by molar-refractivity contribution is 0.137. The standard InChI is InChI=1S/C8H14BrNO2/c9-5-2-6-12-8(11)10-7-3-1-4-7/h7H,1-6H2,(H,10,11). The van der Waals surface area contributed by atoms with Gasteiger partial charge in [0.05, 0.1) is 6.61 Å². The Balaban J connectivity index is 1.95. The van der Waals surface area contributed by atoms with Crippen molar-refractivity contribution >= 4 is 22.0 Å². The lowest BCUT2D eigenvalue weighted by Crippen LogP contribution is -2.39. The van der Waals surface area contributed by atoms with Gasteiger partial charge in [-0.1, -0.05) is 15.9 Å². The molecule has 4 heteroatoms. The molecule has 1 rings (SSSR count). The van der Waals surface area contributed by atoms with Gasteiger partial charge in [-0.15, -0.1) is 0 Å². The first-order chi connectivity index (χ1) is 5.83. The highest BCUT2D eigenvalue weighted by Crippen LogP contribution is 2.17. The Hall–Kier alpha value is -0.250. The summed E-state index contributed by atoms with van der Waals surface area (Å²) in [6.07, 6.45) is 4.05. The van der Waals surface area contributed by atoms with E-state index in [0.717, 1.165) is 24.6 Å². The fourth-order valence-corrected chi connectivity index (χ4v) is 1.21. The van der Waals surface area contributed by atoms with Crippen LogP contribution in [0, 0.1) is 0 Å². The molecule has 1 amide bonds. The average Bonchev–Trinajstić information content (AvgIpc) is 1.98. The van der Waals surface area contributed by atoms with Crippen molar-refractivity contribution in [2.75, 3.05) is 11.9 Å². The van der Waals surface area contributed by atoms with E-state index in [1.54, 1.807) is 0 Å². The van der Waals surface area contributed by atoms with E-state index in [-0.39, 0.29) is 6.09 Å². The lowest BCUT2D eigenvalue weighted by Gasteiger charge is -2.25. The molecular formula is C8H14BrNO2. The van der Waals surface area contributed by atoms with Crippen LogP contribution in [0.5, 0.6) is 0 Å². The lowest BCUT2D eigenvalue weighted by atomic mass is 9.93. The topological polar surface area (TPSA) is 38.3 Å². The van der Waals surface area contributed by atoms with Crippen LogP contribution in [0.25, 0.3) is 0 Å². The summed E-state index contributed by atoms with van der Waals surface area (Å²) in [5.74, 6) is 0. The van der Waals surface area contributed by atoms with Crippen LogP contribution in [0.15, 0.2) is 0 Å². The predicted molar refractivity (Wildman–Crippen MR) is 50.5 cm³/mol. The molecule has 1 aliphatic rings. The molecule has 0 atom stereocenters. The zero-order valence-electron chi connectivity index (χ0n) is 7.01. The first-order valence-corrected chi connectivity index (χ1v) is 5.44. The summed E-state index contributed by atoms with van der Waals surface area (Å²) in [6, 6.07) is 0.376. The van der Waals surface area contributed by atoms with Crippen molar-refractivity contribution in [1.82, 2.24) is 5.32 Å². The van der Waals surface area contributed by atoms with Crippen LogP contribution in [0.4, 0.5) is 4.79 Å². The van der Waals surface area contributed by atoms with Gasteiger partial charge in [0.25, 0.3) is 0 Å². The maximum atomic E-state index is 11.0. The van der Waals surface area contributed by atoms with E-state index < -0.39 is 0 Å². The number of hydrogen-bond acceptors (Lipinski definition) is 2. The molecule has 3 nitrogen and oxygen atoms in total. The molecule has 0 unspecified atom stereocenters. The van der Waals surface area contributed by atoms with Crippen molar-refractivity contribution in [3.63, 3.8) is 0 Å². The molecule has 0 heterocycles. The van der Waals surface area contributed by atoms with Crippen LogP contribution < -0.4 is 5.32 Å². The van der Waals surface area contributed by atoms with Gasteiger partial charge in [-0.3, -0.25) is 0 Å². The number of carbonyl (C=O) groups excluding carboxylic acids is 1. The van der Waals surface area contributed by atoms with Crippen molar-refractivity contribution in [3.05, 3.63) is 0 Å². The van der Waals surface area contributed by atoms with Gasteiger partial charge < -0.3 is 10.1 Å². The third-order valence-corrected chi connectivity index (χ3v) is 2.50. The summed E-state index contributed by atoms with van der Waals surface area (Å²) in [7, 11) is 0. The monoisotopic (exact) mass is 235 g/mol. The molecule has 1 aliphatic carbocycles. The van der Waals surface area contributed by atoms with Gasteiger partial charge >= 0.3 is 6.09 Å². The SMILES string of the molecule is O=C(NC1CCC1)OCCCBr. The summed E-state index contributed by atoms with van der Waals surface area (Å²) in [5, 5.41) is 3.68. The second-order valence-corrected chi connectivity index (χ2v) is 3.74. The zero-order valence-corrected chi connectivity index (χ0v) is 8.60. The number of amides is 1. The number of alkyl halides is 1. The fraction of sp³-hybridized carbons (Fsp3) is 0.875. The average molecular weight is 236 g/mol. The first kappa shape index (κ1) is 9.84. The summed E-state index contributed by atoms with van der Waals surface area (Å²) < 4.78 is 4.91. The molecule has 1 saturated carbocycles. The minimum Gasteiger partial charge on any atom is -0.450 e. The first-order valence-electron chi connectivity index (χ1n) is 4.32. The highest BCUT2D eigenvalue weighted by molar-refractivity contribution is 9.09. The summed E-state index contributed by atoms with van der Waals surface area (Å²) in [5.41, 5.74) is 0. The summed E-state index contributed by atoms with van der Waals surface area (Å²) >= 11 is 3.26. The molecule has 0 saturated heterocycles. The number of hydrogen-bond donors (Lipinski definition) is 1. The van der Waals surface area contributed by atoms with E-state index >= 15 is 0 Å². The van der Waals surface area contributed by atoms with Crippen LogP contribution >= 0.6 is 15.9 Å². The largest absolute Gasteiger partial charge is 0.450 e. The van der Waals surface area contributed by atoms with E-state index in [4.69, 9.17) is 4.74 Å². The van der Waals surface area contributed by atoms with Crippen LogP contribution in [0.3, 0.4) is 0 Å². The highest BCUT2D eigenvalue weighted by atomic mass is 79.9. The maximum absolute atomic E-state index is 11.0. The Bertz CT molecular complexity index is 148. The Morgan fingerprint density at radius 1 is 1.58 bits per heavy atom. The molecular weight excluding hydrogens is 222 g/mol. The summed E-state index contributed by atoms with van der Waals surface area (Å²) in [4.78, 5) is 11.0. The second-order valence-electron chi connectivity index (χ2n) is 2.95. The Morgan fingerprint density at radius 2 is 2.33 bits per heavy atom. The van der Waals surface area contributed by atoms with E-state index in [9.17, 15) is 4.79 Å². The third-order valence-electron chi connectivity index (χ3n) is 1.94. The van der Waals surface area contributed by atoms with Gasteiger partial charge in [0.1, 0.15) is 0 Å². The third kappa shape index (κ3) is 3.43. The minimum atomic E-state index is -0.263. The molecule has 1 N–H and O–H groups in total. The molecule has 1 fully saturated rings. The number of rotatable bonds is 4. The van der Waals surface area contributed by atoms with E-state index in [1.807, 2.05) is 0 Å². The molecule has 0 bridgehead atoms. The Kier molecular flexibility index (Phi) is 4.43. The van der Waals surface area contributed by atoms with Crippen molar-refractivity contribution in [2.45, 2.75) is 31.7 Å². The number of ether oxygens (including phenoxy) is 1. The normalized spacial score (nSPS) is 16.8. The zero-order chi connectivity index (χ0) is 8.81. The number of nitrogens with one attached hydrogen (secondary N) is 1. The van der Waals surface area contributed by atoms with E-state index in [2.05, 4.69) is 21.2 Å². The van der Waals surface area contributed by atoms with Gasteiger partial charge in [-0.05, 0) is 25.7 Å². The highest BCUT2D eigenvalue weighted by Gasteiger charge is 2.19. The Morgan fingerprint density at radius 3 is 2.83 bits per heavy atom. The molecule has 0 spiro atoms. The minimum absolute atomic E-state index is 0.263. The van der Waals surface area contributed by atoms with E-state index in [1.165, 1.54) is 6.42 Å². The van der Waals surface area contributed by atoms with Gasteiger partial charge in [-0.25, -0.2) is 4.79 Å². The van der Waals surface area contributed by atoms with Gasteiger partial charge in [0, 0.05) is 11.4 Å². The molecule has 12 heavy (non-hydrogen) atoms. The number of alkyl carbamates (subject to hydrolysis) is 1. The maximum Gasteiger partial charge on any atom is 0.407 e. The van der Waals surface area contributed by atoms with Crippen LogP contribution in [0.1, 0.15) is 25.7 Å². The summed E-state index contributed by atoms with van der Waals surface area (Å²) in [6.45, 7) is 0.504. The number of halogens is 1. The molecule has 70 valence electrons. The second kappa shape index (κ2) is 5.41. The van der Waals surface area contributed by atoms with Crippen LogP contribution in [-0.2, 0) is 4.74 Å².